The summed E-state index contributed by atoms with van der Waals surface area (Å²) in [5, 5.41) is 10.3. The number of ether oxygens (including phenoxy) is 3. The first-order valence-electron chi connectivity index (χ1n) is 10.5. The van der Waals surface area contributed by atoms with Crippen molar-refractivity contribution >= 4 is 17.6 Å². The van der Waals surface area contributed by atoms with Crippen molar-refractivity contribution in [2.24, 2.45) is 0 Å². The number of fused-ring (bicyclic) bond motifs is 2. The van der Waals surface area contributed by atoms with Crippen molar-refractivity contribution < 1.29 is 37.7 Å². The van der Waals surface area contributed by atoms with Crippen molar-refractivity contribution in [3.05, 3.63) is 83.4 Å². The standard InChI is InChI=1S/C25H19F2NO6/c26-25(27)34-16-8-6-15(7-9-16)28-22(14-5-10-19-20(13-14)33-12-11-32-19)21(24(30)31)17-3-1-2-4-18(17)23(28)29/h1-10,13,21-22,25H,11-12H2,(H,30,31)/t21-,22+/m1/s1. The maximum atomic E-state index is 13.6. The molecule has 0 radical (unpaired) electrons. The van der Waals surface area contributed by atoms with Crippen LogP contribution in [0.5, 0.6) is 17.2 Å². The smallest absolute Gasteiger partial charge is 0.387 e. The molecule has 2 aliphatic heterocycles. The quantitative estimate of drug-likeness (QED) is 0.589. The number of benzene rings is 3. The van der Waals surface area contributed by atoms with E-state index in [4.69, 9.17) is 9.47 Å². The Morgan fingerprint density at radius 1 is 1.00 bits per heavy atom. The Balaban J connectivity index is 1.67. The Labute approximate surface area is 193 Å². The number of nitrogens with zero attached hydrogens (tertiary/aromatic N) is 1. The number of carbonyl (C=O) groups is 2. The molecule has 1 N–H and O–H groups in total. The molecule has 9 heteroatoms. The van der Waals surface area contributed by atoms with Gasteiger partial charge < -0.3 is 19.3 Å². The number of hydrogen-bond acceptors (Lipinski definition) is 5. The number of alkyl halides is 2. The lowest BCUT2D eigenvalue weighted by atomic mass is 9.79. The number of aliphatic carboxylic acids is 1. The van der Waals surface area contributed by atoms with Gasteiger partial charge in [-0.25, -0.2) is 0 Å². The third-order valence-corrected chi connectivity index (χ3v) is 5.85. The lowest BCUT2D eigenvalue weighted by Gasteiger charge is -2.41. The topological polar surface area (TPSA) is 85.3 Å². The van der Waals surface area contributed by atoms with Crippen LogP contribution < -0.4 is 19.1 Å². The van der Waals surface area contributed by atoms with Crippen molar-refractivity contribution in [1.82, 2.24) is 0 Å². The molecule has 7 nitrogen and oxygen atoms in total. The molecule has 0 saturated heterocycles. The van der Waals surface area contributed by atoms with Gasteiger partial charge in [-0.1, -0.05) is 24.3 Å². The van der Waals surface area contributed by atoms with Gasteiger partial charge >= 0.3 is 12.6 Å². The Kier molecular flexibility index (Phi) is 5.53. The predicted octanol–water partition coefficient (Wildman–Crippen LogP) is 4.63. The van der Waals surface area contributed by atoms with Crippen molar-refractivity contribution in [2.45, 2.75) is 18.6 Å². The minimum absolute atomic E-state index is 0.0747. The van der Waals surface area contributed by atoms with Crippen LogP contribution in [-0.2, 0) is 4.79 Å². The van der Waals surface area contributed by atoms with E-state index in [0.29, 0.717) is 41.5 Å². The number of carbonyl (C=O) groups excluding carboxylic acids is 1. The fourth-order valence-electron chi connectivity index (χ4n) is 4.46. The molecule has 0 saturated carbocycles. The van der Waals surface area contributed by atoms with E-state index in [9.17, 15) is 23.5 Å². The normalized spacial score (nSPS) is 19.0. The molecule has 0 bridgehead atoms. The van der Waals surface area contributed by atoms with Gasteiger partial charge in [0.15, 0.2) is 11.5 Å². The van der Waals surface area contributed by atoms with E-state index < -0.39 is 30.4 Å². The van der Waals surface area contributed by atoms with Crippen molar-refractivity contribution in [1.29, 1.82) is 0 Å². The zero-order valence-electron chi connectivity index (χ0n) is 17.7. The molecule has 3 aromatic carbocycles. The number of amides is 1. The third kappa shape index (κ3) is 3.79. The summed E-state index contributed by atoms with van der Waals surface area (Å²) in [5.74, 6) is -1.69. The minimum atomic E-state index is -2.99. The van der Waals surface area contributed by atoms with E-state index in [1.807, 2.05) is 0 Å². The van der Waals surface area contributed by atoms with Gasteiger partial charge in [-0.05, 0) is 53.6 Å². The minimum Gasteiger partial charge on any atom is -0.486 e. The fourth-order valence-corrected chi connectivity index (χ4v) is 4.46. The van der Waals surface area contributed by atoms with Gasteiger partial charge in [-0.2, -0.15) is 8.78 Å². The van der Waals surface area contributed by atoms with Crippen LogP contribution in [0.1, 0.15) is 33.4 Å². The van der Waals surface area contributed by atoms with Crippen LogP contribution in [0.15, 0.2) is 66.7 Å². The summed E-state index contributed by atoms with van der Waals surface area (Å²) in [4.78, 5) is 27.6. The van der Waals surface area contributed by atoms with Gasteiger partial charge in [-0.3, -0.25) is 14.5 Å². The summed E-state index contributed by atoms with van der Waals surface area (Å²) >= 11 is 0. The van der Waals surface area contributed by atoms with E-state index in [2.05, 4.69) is 4.74 Å². The summed E-state index contributed by atoms with van der Waals surface area (Å²) in [6.45, 7) is -2.24. The largest absolute Gasteiger partial charge is 0.486 e. The van der Waals surface area contributed by atoms with E-state index in [-0.39, 0.29) is 11.3 Å². The van der Waals surface area contributed by atoms with E-state index in [0.717, 1.165) is 0 Å². The maximum absolute atomic E-state index is 13.6. The van der Waals surface area contributed by atoms with Gasteiger partial charge in [-0.15, -0.1) is 0 Å². The molecule has 0 spiro atoms. The number of carboxylic acids is 1. The SMILES string of the molecule is O=C(O)[C@@H]1c2ccccc2C(=O)N(c2ccc(OC(F)F)cc2)[C@H]1c1ccc2c(c1)OCCO2. The van der Waals surface area contributed by atoms with E-state index in [1.54, 1.807) is 42.5 Å². The Bertz CT molecular complexity index is 1250. The zero-order valence-corrected chi connectivity index (χ0v) is 17.7. The van der Waals surface area contributed by atoms with Crippen LogP contribution in [0.4, 0.5) is 14.5 Å². The molecule has 2 atom stereocenters. The van der Waals surface area contributed by atoms with Crippen LogP contribution in [0.3, 0.4) is 0 Å². The second-order valence-electron chi connectivity index (χ2n) is 7.80. The fraction of sp³-hybridized carbons (Fsp3) is 0.200. The van der Waals surface area contributed by atoms with Crippen molar-refractivity contribution in [2.75, 3.05) is 18.1 Å². The molecule has 1 amide bonds. The van der Waals surface area contributed by atoms with E-state index in [1.165, 1.54) is 29.2 Å². The molecule has 0 aromatic heterocycles. The molecule has 0 aliphatic carbocycles. The first kappa shape index (κ1) is 21.7. The molecule has 0 fully saturated rings. The Morgan fingerprint density at radius 3 is 2.41 bits per heavy atom. The second kappa shape index (κ2) is 8.66. The van der Waals surface area contributed by atoms with Crippen LogP contribution in [0.2, 0.25) is 0 Å². The predicted molar refractivity (Wildman–Crippen MR) is 117 cm³/mol. The first-order chi connectivity index (χ1) is 16.4. The molecule has 2 heterocycles. The van der Waals surface area contributed by atoms with Gasteiger partial charge in [0.1, 0.15) is 24.9 Å². The molecule has 3 aromatic rings. The van der Waals surface area contributed by atoms with Gasteiger partial charge in [0.05, 0.1) is 6.04 Å². The lowest BCUT2D eigenvalue weighted by molar-refractivity contribution is -0.139. The lowest BCUT2D eigenvalue weighted by Crippen LogP contribution is -2.45. The summed E-state index contributed by atoms with van der Waals surface area (Å²) in [6.07, 6.45) is 0. The molecular formula is C25H19F2NO6. The highest BCUT2D eigenvalue weighted by Gasteiger charge is 2.45. The van der Waals surface area contributed by atoms with Crippen LogP contribution in [0, 0.1) is 0 Å². The maximum Gasteiger partial charge on any atom is 0.387 e. The summed E-state index contributed by atoms with van der Waals surface area (Å²) in [7, 11) is 0. The summed E-state index contributed by atoms with van der Waals surface area (Å²) < 4.78 is 40.8. The van der Waals surface area contributed by atoms with Crippen LogP contribution in [0.25, 0.3) is 0 Å². The number of rotatable bonds is 5. The van der Waals surface area contributed by atoms with Crippen molar-refractivity contribution in [3.63, 3.8) is 0 Å². The highest BCUT2D eigenvalue weighted by atomic mass is 19.3. The number of anilines is 1. The molecule has 0 unspecified atom stereocenters. The second-order valence-corrected chi connectivity index (χ2v) is 7.80. The van der Waals surface area contributed by atoms with Gasteiger partial charge in [0.2, 0.25) is 0 Å². The highest BCUT2D eigenvalue weighted by molar-refractivity contribution is 6.11. The van der Waals surface area contributed by atoms with Crippen molar-refractivity contribution in [3.8, 4) is 17.2 Å². The van der Waals surface area contributed by atoms with Crippen LogP contribution >= 0.6 is 0 Å². The Hall–Kier alpha value is -4.14. The zero-order chi connectivity index (χ0) is 23.8. The van der Waals surface area contributed by atoms with Gasteiger partial charge in [0.25, 0.3) is 5.91 Å². The summed E-state index contributed by atoms with van der Waals surface area (Å²) in [5.41, 5.74) is 1.53. The summed E-state index contributed by atoms with van der Waals surface area (Å²) in [6, 6.07) is 16.2. The number of carboxylic acid groups (broad SMARTS) is 1. The van der Waals surface area contributed by atoms with Gasteiger partial charge in [0, 0.05) is 11.3 Å². The van der Waals surface area contributed by atoms with E-state index >= 15 is 0 Å². The van der Waals surface area contributed by atoms with Crippen LogP contribution in [-0.4, -0.2) is 36.8 Å². The number of hydrogen-bond donors (Lipinski definition) is 1. The Morgan fingerprint density at radius 2 is 1.71 bits per heavy atom. The monoisotopic (exact) mass is 467 g/mol. The molecule has 34 heavy (non-hydrogen) atoms. The average molecular weight is 467 g/mol. The molecule has 2 aliphatic rings. The molecule has 174 valence electrons. The number of halogens is 2. The third-order valence-electron chi connectivity index (χ3n) is 5.85. The molecular weight excluding hydrogens is 448 g/mol. The molecule has 5 rings (SSSR count). The first-order valence-corrected chi connectivity index (χ1v) is 10.5. The highest BCUT2D eigenvalue weighted by Crippen LogP contribution is 2.47. The average Bonchev–Trinajstić information content (AvgIpc) is 2.84.